The minimum atomic E-state index is 0.00781. The number of phenols is 2. The first-order valence-electron chi connectivity index (χ1n) is 10.9. The summed E-state index contributed by atoms with van der Waals surface area (Å²) in [5, 5.41) is 23.7. The van der Waals surface area contributed by atoms with Crippen LogP contribution in [0, 0.1) is 5.92 Å². The first kappa shape index (κ1) is 19.7. The fraction of sp³-hybridized carbons (Fsp3) is 0.440. The highest BCUT2D eigenvalue weighted by Crippen LogP contribution is 2.51. The van der Waals surface area contributed by atoms with E-state index in [1.807, 2.05) is 12.1 Å². The van der Waals surface area contributed by atoms with Crippen molar-refractivity contribution in [2.45, 2.75) is 57.4 Å². The summed E-state index contributed by atoms with van der Waals surface area (Å²) in [5.74, 6) is 1.80. The zero-order chi connectivity index (χ0) is 20.2. The number of hydrogen-bond acceptors (Lipinski definition) is 4. The second kappa shape index (κ2) is 8.81. The van der Waals surface area contributed by atoms with Crippen LogP contribution >= 0.6 is 0 Å². The lowest BCUT2D eigenvalue weighted by Crippen LogP contribution is -2.29. The van der Waals surface area contributed by atoms with Gasteiger partial charge in [0.25, 0.3) is 0 Å². The molecule has 2 aliphatic rings. The normalized spacial score (nSPS) is 22.0. The van der Waals surface area contributed by atoms with Crippen LogP contribution in [0.4, 0.5) is 5.69 Å². The molecule has 4 nitrogen and oxygen atoms in total. The molecule has 0 radical (unpaired) electrons. The summed E-state index contributed by atoms with van der Waals surface area (Å²) in [7, 11) is 0. The minimum Gasteiger partial charge on any atom is -0.508 e. The second-order valence-electron chi connectivity index (χ2n) is 8.23. The van der Waals surface area contributed by atoms with Crippen LogP contribution in [0.5, 0.6) is 17.2 Å². The number of ether oxygens (including phenoxy) is 1. The van der Waals surface area contributed by atoms with Gasteiger partial charge in [0.1, 0.15) is 17.2 Å². The van der Waals surface area contributed by atoms with E-state index >= 15 is 0 Å². The molecule has 0 saturated carbocycles. The molecule has 1 aliphatic heterocycles. The molecule has 0 bridgehead atoms. The molecule has 0 fully saturated rings. The monoisotopic (exact) mass is 393 g/mol. The molecule has 2 aromatic carbocycles. The summed E-state index contributed by atoms with van der Waals surface area (Å²) >= 11 is 0. The zero-order valence-electron chi connectivity index (χ0n) is 17.1. The summed E-state index contributed by atoms with van der Waals surface area (Å²) in [6.45, 7) is 3.00. The largest absolute Gasteiger partial charge is 0.508 e. The third kappa shape index (κ3) is 4.21. The molecule has 3 N–H and O–H groups in total. The minimum absolute atomic E-state index is 0.00781. The van der Waals surface area contributed by atoms with Crippen molar-refractivity contribution in [2.24, 2.45) is 5.92 Å². The molecule has 4 heteroatoms. The third-order valence-corrected chi connectivity index (χ3v) is 6.20. The van der Waals surface area contributed by atoms with Crippen LogP contribution in [0.3, 0.4) is 0 Å². The summed E-state index contributed by atoms with van der Waals surface area (Å²) in [5.41, 5.74) is 3.19. The van der Waals surface area contributed by atoms with Gasteiger partial charge in [0.05, 0.1) is 12.6 Å². The van der Waals surface area contributed by atoms with Crippen molar-refractivity contribution in [3.63, 3.8) is 0 Å². The lowest BCUT2D eigenvalue weighted by Gasteiger charge is -2.37. The molecule has 0 spiro atoms. The fourth-order valence-electron chi connectivity index (χ4n) is 4.66. The fourth-order valence-corrected chi connectivity index (χ4v) is 4.66. The van der Waals surface area contributed by atoms with Gasteiger partial charge in [-0.3, -0.25) is 0 Å². The van der Waals surface area contributed by atoms with Crippen LogP contribution < -0.4 is 10.1 Å². The van der Waals surface area contributed by atoms with Gasteiger partial charge in [0.2, 0.25) is 0 Å². The van der Waals surface area contributed by atoms with Gasteiger partial charge in [-0.15, -0.1) is 0 Å². The van der Waals surface area contributed by atoms with Crippen LogP contribution in [0.2, 0.25) is 0 Å². The highest BCUT2D eigenvalue weighted by Gasteiger charge is 2.39. The van der Waals surface area contributed by atoms with E-state index in [1.165, 1.54) is 37.3 Å². The van der Waals surface area contributed by atoms with Gasteiger partial charge >= 0.3 is 0 Å². The lowest BCUT2D eigenvalue weighted by atomic mass is 9.77. The molecule has 3 unspecified atom stereocenters. The standard InChI is InChI=1S/C25H31NO3/c1-2-3-4-5-6-14-29-18-11-13-23-22(16-18)19-8-7-9-20(19)25(26-23)21-12-10-17(27)15-24(21)28/h7-8,10-13,15-16,19-20,25-28H,2-6,9,14H2,1H3. The molecule has 0 aromatic heterocycles. The molecule has 2 aromatic rings. The molecule has 0 saturated heterocycles. The maximum Gasteiger partial charge on any atom is 0.124 e. The highest BCUT2D eigenvalue weighted by molar-refractivity contribution is 5.62. The van der Waals surface area contributed by atoms with Crippen molar-refractivity contribution in [1.29, 1.82) is 0 Å². The van der Waals surface area contributed by atoms with E-state index in [-0.39, 0.29) is 17.5 Å². The Labute approximate surface area is 173 Å². The summed E-state index contributed by atoms with van der Waals surface area (Å²) in [6.07, 6.45) is 11.7. The summed E-state index contributed by atoms with van der Waals surface area (Å²) in [6, 6.07) is 11.2. The predicted octanol–water partition coefficient (Wildman–Crippen LogP) is 6.27. The number of unbranched alkanes of at least 4 members (excludes halogenated alkanes) is 4. The number of rotatable bonds is 8. The quantitative estimate of drug-likeness (QED) is 0.365. The second-order valence-corrected chi connectivity index (χ2v) is 8.23. The van der Waals surface area contributed by atoms with Gasteiger partial charge in [-0.25, -0.2) is 0 Å². The van der Waals surface area contributed by atoms with Crippen LogP contribution in [-0.2, 0) is 0 Å². The van der Waals surface area contributed by atoms with E-state index in [4.69, 9.17) is 4.74 Å². The van der Waals surface area contributed by atoms with Crippen LogP contribution in [0.1, 0.15) is 68.5 Å². The first-order valence-corrected chi connectivity index (χ1v) is 10.9. The van der Waals surface area contributed by atoms with E-state index in [2.05, 4.69) is 36.5 Å². The Balaban J connectivity index is 1.49. The first-order chi connectivity index (χ1) is 14.2. The van der Waals surface area contributed by atoms with Crippen LogP contribution in [0.25, 0.3) is 0 Å². The Morgan fingerprint density at radius 2 is 1.86 bits per heavy atom. The smallest absolute Gasteiger partial charge is 0.124 e. The number of hydrogen-bond donors (Lipinski definition) is 3. The predicted molar refractivity (Wildman–Crippen MR) is 117 cm³/mol. The number of anilines is 1. The molecule has 154 valence electrons. The number of nitrogens with one attached hydrogen (secondary N) is 1. The van der Waals surface area contributed by atoms with Gasteiger partial charge in [0.15, 0.2) is 0 Å². The van der Waals surface area contributed by atoms with Crippen molar-refractivity contribution in [1.82, 2.24) is 0 Å². The number of phenolic OH excluding ortho intramolecular Hbond substituents is 2. The van der Waals surface area contributed by atoms with Gasteiger partial charge in [0, 0.05) is 23.2 Å². The van der Waals surface area contributed by atoms with Gasteiger partial charge in [-0.1, -0.05) is 44.8 Å². The van der Waals surface area contributed by atoms with Gasteiger partial charge in [-0.2, -0.15) is 0 Å². The summed E-state index contributed by atoms with van der Waals surface area (Å²) in [4.78, 5) is 0. The maximum atomic E-state index is 10.4. The molecule has 0 amide bonds. The number of allylic oxidation sites excluding steroid dienone is 2. The number of benzene rings is 2. The Kier molecular flexibility index (Phi) is 5.98. The van der Waals surface area contributed by atoms with E-state index in [0.29, 0.717) is 11.8 Å². The highest BCUT2D eigenvalue weighted by atomic mass is 16.5. The average molecular weight is 394 g/mol. The van der Waals surface area contributed by atoms with Crippen molar-refractivity contribution in [3.8, 4) is 17.2 Å². The van der Waals surface area contributed by atoms with Crippen molar-refractivity contribution >= 4 is 5.69 Å². The Hall–Kier alpha value is -2.62. The SMILES string of the molecule is CCCCCCCOc1ccc2c(c1)C1C=CCC1C(c1ccc(O)cc1O)N2. The molecular weight excluding hydrogens is 362 g/mol. The Morgan fingerprint density at radius 1 is 1.00 bits per heavy atom. The van der Waals surface area contributed by atoms with Crippen molar-refractivity contribution in [2.75, 3.05) is 11.9 Å². The van der Waals surface area contributed by atoms with E-state index in [1.54, 1.807) is 6.07 Å². The van der Waals surface area contributed by atoms with Gasteiger partial charge < -0.3 is 20.3 Å². The zero-order valence-corrected chi connectivity index (χ0v) is 17.1. The maximum absolute atomic E-state index is 10.4. The molecule has 3 atom stereocenters. The van der Waals surface area contributed by atoms with Crippen LogP contribution in [-0.4, -0.2) is 16.8 Å². The topological polar surface area (TPSA) is 61.7 Å². The van der Waals surface area contributed by atoms with Crippen molar-refractivity contribution < 1.29 is 14.9 Å². The summed E-state index contributed by atoms with van der Waals surface area (Å²) < 4.78 is 6.02. The molecule has 29 heavy (non-hydrogen) atoms. The van der Waals surface area contributed by atoms with E-state index in [0.717, 1.165) is 36.4 Å². The molecule has 1 heterocycles. The molecular formula is C25H31NO3. The lowest BCUT2D eigenvalue weighted by molar-refractivity contribution is 0.303. The molecule has 4 rings (SSSR count). The Morgan fingerprint density at radius 3 is 2.69 bits per heavy atom. The molecule has 1 aliphatic carbocycles. The third-order valence-electron chi connectivity index (χ3n) is 6.20. The Bertz CT molecular complexity index is 876. The number of fused-ring (bicyclic) bond motifs is 3. The van der Waals surface area contributed by atoms with E-state index < -0.39 is 0 Å². The average Bonchev–Trinajstić information content (AvgIpc) is 3.21. The number of aromatic hydroxyl groups is 2. The van der Waals surface area contributed by atoms with Crippen molar-refractivity contribution in [3.05, 3.63) is 59.7 Å². The van der Waals surface area contributed by atoms with Gasteiger partial charge in [-0.05, 0) is 54.7 Å². The van der Waals surface area contributed by atoms with Crippen LogP contribution in [0.15, 0.2) is 48.6 Å². The van der Waals surface area contributed by atoms with E-state index in [9.17, 15) is 10.2 Å².